The van der Waals surface area contributed by atoms with E-state index in [4.69, 9.17) is 0 Å². The van der Waals surface area contributed by atoms with Crippen LogP contribution in [0.1, 0.15) is 16.9 Å². The molecule has 156 valence electrons. The summed E-state index contributed by atoms with van der Waals surface area (Å²) in [5.41, 5.74) is 0.0502. The Labute approximate surface area is 172 Å². The molecule has 1 aliphatic heterocycles. The molecule has 4 rings (SSSR count). The second kappa shape index (κ2) is 8.07. The van der Waals surface area contributed by atoms with Crippen molar-refractivity contribution in [2.24, 2.45) is 0 Å². The number of rotatable bonds is 5. The number of nitrogens with zero attached hydrogens (tertiary/aromatic N) is 5. The number of pyridine rings is 2. The van der Waals surface area contributed by atoms with Gasteiger partial charge in [0.25, 0.3) is 11.5 Å². The Hall–Kier alpha value is -3.53. The summed E-state index contributed by atoms with van der Waals surface area (Å²) in [6.07, 6.45) is 3.02. The van der Waals surface area contributed by atoms with Crippen molar-refractivity contribution < 1.29 is 9.90 Å². The summed E-state index contributed by atoms with van der Waals surface area (Å²) in [5.74, 6) is 1.08. The lowest BCUT2D eigenvalue weighted by Gasteiger charge is -2.26. The average molecular weight is 409 g/mol. The number of nitrogens with one attached hydrogen (secondary N) is 2. The van der Waals surface area contributed by atoms with E-state index < -0.39 is 6.10 Å². The molecular formula is C20H23N7O3. The van der Waals surface area contributed by atoms with Crippen molar-refractivity contribution in [3.05, 3.63) is 52.8 Å². The molecule has 0 aliphatic carbocycles. The summed E-state index contributed by atoms with van der Waals surface area (Å²) in [7, 11) is 3.79. The largest absolute Gasteiger partial charge is 0.391 e. The van der Waals surface area contributed by atoms with Crippen molar-refractivity contribution in [3.63, 3.8) is 0 Å². The quantitative estimate of drug-likeness (QED) is 0.543. The molecule has 1 aliphatic rings. The first kappa shape index (κ1) is 19.8. The second-order valence-electron chi connectivity index (χ2n) is 7.48. The third-order valence-electron chi connectivity index (χ3n) is 5.13. The Morgan fingerprint density at radius 1 is 1.33 bits per heavy atom. The van der Waals surface area contributed by atoms with Gasteiger partial charge in [-0.3, -0.25) is 9.59 Å². The lowest BCUT2D eigenvalue weighted by atomic mass is 10.2. The first-order valence-corrected chi connectivity index (χ1v) is 9.63. The van der Waals surface area contributed by atoms with E-state index in [1.54, 1.807) is 24.4 Å². The Kier molecular flexibility index (Phi) is 5.32. The summed E-state index contributed by atoms with van der Waals surface area (Å²) in [6, 6.07) is 6.74. The number of H-pyrrole nitrogens is 1. The zero-order valence-electron chi connectivity index (χ0n) is 16.7. The predicted molar refractivity (Wildman–Crippen MR) is 113 cm³/mol. The standard InChI is InChI=1S/C20H23N7O3/c1-26(2)16-8-17(24-11-23-16)27-10-14(28)7-13(27)9-22-19(29)15-4-3-12-5-6-21-20(30)18(12)25-15/h3-6,8,11,13-14,28H,7,9-10H2,1-2H3,(H,21,30)(H,22,29)/t13-,14-/m1/s1. The van der Waals surface area contributed by atoms with Crippen LogP contribution in [0.3, 0.4) is 0 Å². The van der Waals surface area contributed by atoms with E-state index in [0.29, 0.717) is 30.7 Å². The van der Waals surface area contributed by atoms with E-state index in [2.05, 4.69) is 25.3 Å². The van der Waals surface area contributed by atoms with E-state index in [1.807, 2.05) is 30.0 Å². The molecule has 3 aromatic heterocycles. The molecule has 1 saturated heterocycles. The summed E-state index contributed by atoms with van der Waals surface area (Å²) in [4.78, 5) is 43.7. The number of carbonyl (C=O) groups is 1. The van der Waals surface area contributed by atoms with Crippen LogP contribution in [0.25, 0.3) is 10.9 Å². The number of aliphatic hydroxyl groups is 1. The van der Waals surface area contributed by atoms with Gasteiger partial charge in [-0.2, -0.15) is 0 Å². The Bertz CT molecular complexity index is 1130. The number of anilines is 2. The van der Waals surface area contributed by atoms with E-state index >= 15 is 0 Å². The molecule has 2 atom stereocenters. The van der Waals surface area contributed by atoms with Gasteiger partial charge in [-0.05, 0) is 18.6 Å². The number of aliphatic hydroxyl groups excluding tert-OH is 1. The zero-order chi connectivity index (χ0) is 21.3. The highest BCUT2D eigenvalue weighted by Crippen LogP contribution is 2.25. The van der Waals surface area contributed by atoms with Gasteiger partial charge in [0.05, 0.1) is 12.1 Å². The molecule has 3 aromatic rings. The second-order valence-corrected chi connectivity index (χ2v) is 7.48. The highest BCUT2D eigenvalue weighted by molar-refractivity contribution is 5.94. The zero-order valence-corrected chi connectivity index (χ0v) is 16.7. The molecule has 0 spiro atoms. The summed E-state index contributed by atoms with van der Waals surface area (Å²) >= 11 is 0. The highest BCUT2D eigenvalue weighted by Gasteiger charge is 2.32. The molecule has 4 heterocycles. The summed E-state index contributed by atoms with van der Waals surface area (Å²) in [5, 5.41) is 13.7. The fourth-order valence-corrected chi connectivity index (χ4v) is 3.59. The number of aromatic amines is 1. The minimum Gasteiger partial charge on any atom is -0.391 e. The molecule has 0 saturated carbocycles. The molecule has 1 fully saturated rings. The summed E-state index contributed by atoms with van der Waals surface area (Å²) < 4.78 is 0. The fourth-order valence-electron chi connectivity index (χ4n) is 3.59. The topological polar surface area (TPSA) is 127 Å². The van der Waals surface area contributed by atoms with Crippen LogP contribution in [0.15, 0.2) is 41.6 Å². The van der Waals surface area contributed by atoms with Gasteiger partial charge in [0.1, 0.15) is 29.2 Å². The van der Waals surface area contributed by atoms with Gasteiger partial charge in [0.15, 0.2) is 0 Å². The number of hydrogen-bond acceptors (Lipinski definition) is 8. The van der Waals surface area contributed by atoms with Crippen LogP contribution in [0.5, 0.6) is 0 Å². The first-order chi connectivity index (χ1) is 14.4. The maximum atomic E-state index is 12.6. The van der Waals surface area contributed by atoms with Gasteiger partial charge >= 0.3 is 0 Å². The van der Waals surface area contributed by atoms with Gasteiger partial charge in [-0.15, -0.1) is 0 Å². The Balaban J connectivity index is 1.49. The van der Waals surface area contributed by atoms with Crippen LogP contribution in [0, 0.1) is 0 Å². The minimum atomic E-state index is -0.512. The fraction of sp³-hybridized carbons (Fsp3) is 0.350. The Morgan fingerprint density at radius 2 is 2.17 bits per heavy atom. The maximum Gasteiger partial charge on any atom is 0.274 e. The maximum absolute atomic E-state index is 12.6. The first-order valence-electron chi connectivity index (χ1n) is 9.63. The number of β-amino-alcohol motifs (C(OH)–C–C–N with tert-alkyl or cyclic N) is 1. The Morgan fingerprint density at radius 3 is 2.97 bits per heavy atom. The number of fused-ring (bicyclic) bond motifs is 1. The van der Waals surface area contributed by atoms with Crippen LogP contribution >= 0.6 is 0 Å². The van der Waals surface area contributed by atoms with Crippen molar-refractivity contribution in [1.29, 1.82) is 0 Å². The van der Waals surface area contributed by atoms with Crippen LogP contribution in [-0.2, 0) is 0 Å². The average Bonchev–Trinajstić information content (AvgIpc) is 3.12. The lowest BCUT2D eigenvalue weighted by Crippen LogP contribution is -2.41. The summed E-state index contributed by atoms with van der Waals surface area (Å²) in [6.45, 7) is 0.732. The molecule has 0 aromatic carbocycles. The van der Waals surface area contributed by atoms with Gasteiger partial charge in [0, 0.05) is 44.8 Å². The van der Waals surface area contributed by atoms with E-state index in [1.165, 1.54) is 6.33 Å². The third-order valence-corrected chi connectivity index (χ3v) is 5.13. The molecule has 0 unspecified atom stereocenters. The number of hydrogen-bond donors (Lipinski definition) is 3. The van der Waals surface area contributed by atoms with Crippen molar-refractivity contribution in [3.8, 4) is 0 Å². The number of aromatic nitrogens is 4. The molecule has 0 bridgehead atoms. The molecule has 10 heteroatoms. The third kappa shape index (κ3) is 3.94. The highest BCUT2D eigenvalue weighted by atomic mass is 16.3. The van der Waals surface area contributed by atoms with Crippen molar-refractivity contribution in [2.45, 2.75) is 18.6 Å². The van der Waals surface area contributed by atoms with E-state index in [-0.39, 0.29) is 28.7 Å². The van der Waals surface area contributed by atoms with Crippen LogP contribution in [0.2, 0.25) is 0 Å². The van der Waals surface area contributed by atoms with Gasteiger partial charge in [-0.1, -0.05) is 6.07 Å². The van der Waals surface area contributed by atoms with Gasteiger partial charge in [0.2, 0.25) is 0 Å². The normalized spacial score (nSPS) is 18.6. The predicted octanol–water partition coefficient (Wildman–Crippen LogP) is 0.149. The van der Waals surface area contributed by atoms with Crippen LogP contribution in [0.4, 0.5) is 11.6 Å². The van der Waals surface area contributed by atoms with E-state index in [0.717, 1.165) is 5.82 Å². The van der Waals surface area contributed by atoms with Gasteiger partial charge in [-0.25, -0.2) is 15.0 Å². The molecule has 30 heavy (non-hydrogen) atoms. The molecular weight excluding hydrogens is 386 g/mol. The molecule has 10 nitrogen and oxygen atoms in total. The minimum absolute atomic E-state index is 0.127. The van der Waals surface area contributed by atoms with Crippen molar-refractivity contribution in [1.82, 2.24) is 25.3 Å². The van der Waals surface area contributed by atoms with Crippen molar-refractivity contribution >= 4 is 28.4 Å². The van der Waals surface area contributed by atoms with Crippen LogP contribution < -0.4 is 20.7 Å². The SMILES string of the molecule is CN(C)c1cc(N2C[C@H](O)C[C@@H]2CNC(=O)c2ccc3cc[nH]c(=O)c3n2)ncn1. The van der Waals surface area contributed by atoms with Gasteiger partial charge < -0.3 is 25.2 Å². The molecule has 1 amide bonds. The van der Waals surface area contributed by atoms with Crippen LogP contribution in [-0.4, -0.2) is 70.3 Å². The molecule has 0 radical (unpaired) electrons. The number of carbonyl (C=O) groups excluding carboxylic acids is 1. The molecule has 3 N–H and O–H groups in total. The van der Waals surface area contributed by atoms with Crippen molar-refractivity contribution in [2.75, 3.05) is 37.0 Å². The smallest absolute Gasteiger partial charge is 0.274 e. The lowest BCUT2D eigenvalue weighted by molar-refractivity contribution is 0.0945. The number of amides is 1. The monoisotopic (exact) mass is 409 g/mol. The van der Waals surface area contributed by atoms with E-state index in [9.17, 15) is 14.7 Å².